The number of halogens is 1. The molecule has 0 amide bonds. The van der Waals surface area contributed by atoms with Crippen LogP contribution in [0.5, 0.6) is 5.75 Å². The van der Waals surface area contributed by atoms with E-state index in [1.165, 1.54) is 12.1 Å². The molecule has 0 aliphatic carbocycles. The van der Waals surface area contributed by atoms with E-state index in [1.807, 2.05) is 6.92 Å². The molecule has 0 spiro atoms. The molecule has 0 heterocycles. The summed E-state index contributed by atoms with van der Waals surface area (Å²) in [6.07, 6.45) is 1.70. The van der Waals surface area contributed by atoms with Gasteiger partial charge in [-0.15, -0.1) is 0 Å². The zero-order valence-corrected chi connectivity index (χ0v) is 11.3. The second-order valence-corrected chi connectivity index (χ2v) is 4.19. The second-order valence-electron chi connectivity index (χ2n) is 4.19. The topological polar surface area (TPSA) is 44.5 Å². The first kappa shape index (κ1) is 14.9. The van der Waals surface area contributed by atoms with Gasteiger partial charge in [-0.05, 0) is 31.5 Å². The number of ether oxygens (including phenoxy) is 2. The minimum absolute atomic E-state index is 0.115. The number of hydrogen-bond acceptors (Lipinski definition) is 3. The molecule has 0 aromatic heterocycles. The van der Waals surface area contributed by atoms with Gasteiger partial charge in [-0.3, -0.25) is 0 Å². The molecule has 0 aliphatic heterocycles. The third-order valence-corrected chi connectivity index (χ3v) is 2.91. The molecule has 1 rings (SSSR count). The molecule has 1 aromatic carbocycles. The van der Waals surface area contributed by atoms with E-state index < -0.39 is 0 Å². The van der Waals surface area contributed by atoms with Gasteiger partial charge in [-0.2, -0.15) is 0 Å². The van der Waals surface area contributed by atoms with E-state index in [1.54, 1.807) is 13.2 Å². The van der Waals surface area contributed by atoms with Crippen LogP contribution in [0.15, 0.2) is 18.2 Å². The molecular formula is C14H22FNO2. The maximum atomic E-state index is 13.3. The Morgan fingerprint density at radius 2 is 2.06 bits per heavy atom. The predicted molar refractivity (Wildman–Crippen MR) is 70.2 cm³/mol. The molecule has 4 heteroatoms. The highest BCUT2D eigenvalue weighted by Gasteiger charge is 2.22. The van der Waals surface area contributed by atoms with Crippen molar-refractivity contribution < 1.29 is 13.9 Å². The van der Waals surface area contributed by atoms with Crippen LogP contribution in [0.25, 0.3) is 0 Å². The van der Waals surface area contributed by atoms with Gasteiger partial charge >= 0.3 is 0 Å². The molecule has 1 aromatic rings. The fraction of sp³-hybridized carbons (Fsp3) is 0.571. The highest BCUT2D eigenvalue weighted by Crippen LogP contribution is 2.29. The Kier molecular flexibility index (Phi) is 6.09. The molecule has 0 bridgehead atoms. The van der Waals surface area contributed by atoms with Gasteiger partial charge in [0.1, 0.15) is 11.6 Å². The van der Waals surface area contributed by atoms with E-state index in [-0.39, 0.29) is 18.0 Å². The van der Waals surface area contributed by atoms with Crippen LogP contribution < -0.4 is 10.5 Å². The van der Waals surface area contributed by atoms with Gasteiger partial charge in [0.15, 0.2) is 0 Å². The Balaban J connectivity index is 2.98. The number of nitrogens with two attached hydrogens (primary N) is 1. The van der Waals surface area contributed by atoms with Crippen LogP contribution in [0.2, 0.25) is 0 Å². The average Bonchev–Trinajstić information content (AvgIpc) is 2.37. The maximum Gasteiger partial charge on any atom is 0.123 e. The van der Waals surface area contributed by atoms with E-state index in [9.17, 15) is 4.39 Å². The molecule has 0 saturated heterocycles. The first-order valence-electron chi connectivity index (χ1n) is 6.34. The Morgan fingerprint density at radius 3 is 2.61 bits per heavy atom. The number of methoxy groups -OCH3 is 1. The van der Waals surface area contributed by atoms with Gasteiger partial charge in [0.25, 0.3) is 0 Å². The quantitative estimate of drug-likeness (QED) is 0.814. The van der Waals surface area contributed by atoms with E-state index >= 15 is 0 Å². The van der Waals surface area contributed by atoms with Crippen molar-refractivity contribution in [2.45, 2.75) is 38.8 Å². The maximum absolute atomic E-state index is 13.3. The molecule has 102 valence electrons. The van der Waals surface area contributed by atoms with Gasteiger partial charge in [-0.1, -0.05) is 13.3 Å². The van der Waals surface area contributed by atoms with E-state index in [0.717, 1.165) is 12.8 Å². The van der Waals surface area contributed by atoms with Crippen LogP contribution in [0.3, 0.4) is 0 Å². The zero-order chi connectivity index (χ0) is 13.5. The summed E-state index contributed by atoms with van der Waals surface area (Å²) in [5.74, 6) is 0.290. The van der Waals surface area contributed by atoms with Gasteiger partial charge < -0.3 is 15.2 Å². The lowest BCUT2D eigenvalue weighted by Gasteiger charge is -2.25. The Labute approximate surface area is 108 Å². The number of hydrogen-bond donors (Lipinski definition) is 1. The summed E-state index contributed by atoms with van der Waals surface area (Å²) in [7, 11) is 1.55. The smallest absolute Gasteiger partial charge is 0.123 e. The summed E-state index contributed by atoms with van der Waals surface area (Å²) >= 11 is 0. The van der Waals surface area contributed by atoms with Gasteiger partial charge in [0.05, 0.1) is 19.3 Å². The third kappa shape index (κ3) is 3.68. The lowest BCUT2D eigenvalue weighted by atomic mass is 9.98. The number of rotatable bonds is 7. The standard InChI is InChI=1S/C14H22FNO2/c1-4-6-13(18-5-2)14(16)11-9-10(15)7-8-12(11)17-3/h7-9,13-14H,4-6,16H2,1-3H3. The average molecular weight is 255 g/mol. The molecule has 2 atom stereocenters. The summed E-state index contributed by atoms with van der Waals surface area (Å²) in [6, 6.07) is 4.01. The van der Waals surface area contributed by atoms with Crippen molar-refractivity contribution >= 4 is 0 Å². The van der Waals surface area contributed by atoms with E-state index in [0.29, 0.717) is 17.9 Å². The van der Waals surface area contributed by atoms with Crippen LogP contribution in [0.4, 0.5) is 4.39 Å². The second kappa shape index (κ2) is 7.34. The summed E-state index contributed by atoms with van der Waals surface area (Å²) in [5.41, 5.74) is 6.84. The van der Waals surface area contributed by atoms with Crippen molar-refractivity contribution in [2.75, 3.05) is 13.7 Å². The molecular weight excluding hydrogens is 233 g/mol. The summed E-state index contributed by atoms with van der Waals surface area (Å²) in [5, 5.41) is 0. The lowest BCUT2D eigenvalue weighted by Crippen LogP contribution is -2.29. The van der Waals surface area contributed by atoms with Crippen LogP contribution in [0, 0.1) is 5.82 Å². The van der Waals surface area contributed by atoms with Crippen LogP contribution >= 0.6 is 0 Å². The van der Waals surface area contributed by atoms with Crippen LogP contribution in [-0.4, -0.2) is 19.8 Å². The van der Waals surface area contributed by atoms with Crippen molar-refractivity contribution in [1.82, 2.24) is 0 Å². The summed E-state index contributed by atoms with van der Waals surface area (Å²) in [6.45, 7) is 4.59. The summed E-state index contributed by atoms with van der Waals surface area (Å²) in [4.78, 5) is 0. The van der Waals surface area contributed by atoms with Crippen LogP contribution in [-0.2, 0) is 4.74 Å². The van der Waals surface area contributed by atoms with E-state index in [2.05, 4.69) is 6.92 Å². The Hall–Kier alpha value is -1.13. The molecule has 2 unspecified atom stereocenters. The van der Waals surface area contributed by atoms with Crippen molar-refractivity contribution in [3.63, 3.8) is 0 Å². The number of benzene rings is 1. The monoisotopic (exact) mass is 255 g/mol. The molecule has 3 nitrogen and oxygen atoms in total. The largest absolute Gasteiger partial charge is 0.496 e. The zero-order valence-electron chi connectivity index (χ0n) is 11.3. The Bertz CT molecular complexity index is 365. The van der Waals surface area contributed by atoms with Crippen molar-refractivity contribution in [1.29, 1.82) is 0 Å². The first-order chi connectivity index (χ1) is 8.63. The first-order valence-corrected chi connectivity index (χ1v) is 6.34. The van der Waals surface area contributed by atoms with Crippen LogP contribution in [0.1, 0.15) is 38.3 Å². The molecule has 0 aliphatic rings. The molecule has 0 fully saturated rings. The van der Waals surface area contributed by atoms with Gasteiger partial charge in [0.2, 0.25) is 0 Å². The molecule has 2 N–H and O–H groups in total. The highest BCUT2D eigenvalue weighted by molar-refractivity contribution is 5.37. The minimum atomic E-state index is -0.379. The predicted octanol–water partition coefficient (Wildman–Crippen LogP) is 3.04. The minimum Gasteiger partial charge on any atom is -0.496 e. The van der Waals surface area contributed by atoms with Crippen molar-refractivity contribution in [3.8, 4) is 5.75 Å². The Morgan fingerprint density at radius 1 is 1.33 bits per heavy atom. The van der Waals surface area contributed by atoms with E-state index in [4.69, 9.17) is 15.2 Å². The third-order valence-electron chi connectivity index (χ3n) is 2.91. The van der Waals surface area contributed by atoms with Gasteiger partial charge in [-0.25, -0.2) is 4.39 Å². The van der Waals surface area contributed by atoms with Crippen molar-refractivity contribution in [2.24, 2.45) is 5.73 Å². The van der Waals surface area contributed by atoms with Crippen molar-refractivity contribution in [3.05, 3.63) is 29.6 Å². The fourth-order valence-electron chi connectivity index (χ4n) is 2.03. The molecule has 18 heavy (non-hydrogen) atoms. The normalized spacial score (nSPS) is 14.3. The lowest BCUT2D eigenvalue weighted by molar-refractivity contribution is 0.0368. The SMILES string of the molecule is CCCC(OCC)C(N)c1cc(F)ccc1OC. The fourth-order valence-corrected chi connectivity index (χ4v) is 2.03. The summed E-state index contributed by atoms with van der Waals surface area (Å²) < 4.78 is 24.2. The van der Waals surface area contributed by atoms with Gasteiger partial charge in [0, 0.05) is 12.2 Å². The molecule has 0 radical (unpaired) electrons. The molecule has 0 saturated carbocycles. The highest BCUT2D eigenvalue weighted by atomic mass is 19.1.